The topological polar surface area (TPSA) is 156 Å². The molecule has 0 bridgehead atoms. The Morgan fingerprint density at radius 3 is 1.91 bits per heavy atom. The fourth-order valence-corrected chi connectivity index (χ4v) is 2.87. The van der Waals surface area contributed by atoms with Gasteiger partial charge in [0.15, 0.2) is 5.92 Å². The van der Waals surface area contributed by atoms with Crippen molar-refractivity contribution < 1.29 is 34.1 Å². The zero-order chi connectivity index (χ0) is 25.3. The van der Waals surface area contributed by atoms with Gasteiger partial charge in [0, 0.05) is 5.69 Å². The van der Waals surface area contributed by atoms with E-state index in [-0.39, 0.29) is 5.56 Å². The minimum Gasteiger partial charge on any atom is -0.481 e. The van der Waals surface area contributed by atoms with Gasteiger partial charge in [0.2, 0.25) is 6.41 Å². The Hall–Kier alpha value is -2.94. The third kappa shape index (κ3) is 15.5. The third-order valence-electron chi connectivity index (χ3n) is 4.54. The number of ether oxygens (including phenoxy) is 1. The lowest BCUT2D eigenvalue weighted by Crippen LogP contribution is -2.32. The van der Waals surface area contributed by atoms with Gasteiger partial charge in [-0.2, -0.15) is 0 Å². The highest BCUT2D eigenvalue weighted by atomic mass is 16.6. The summed E-state index contributed by atoms with van der Waals surface area (Å²) in [6.45, 7) is 5.97. The molecule has 5 N–H and O–H groups in total. The Morgan fingerprint density at radius 1 is 0.970 bits per heavy atom. The first-order valence-electron chi connectivity index (χ1n) is 11.2. The summed E-state index contributed by atoms with van der Waals surface area (Å²) in [5.74, 6) is -3.74. The summed E-state index contributed by atoms with van der Waals surface area (Å²) in [7, 11) is 0. The number of carbonyl (C=O) groups excluding carboxylic acids is 2. The van der Waals surface area contributed by atoms with Crippen LogP contribution in [0.3, 0.4) is 0 Å². The number of hydrogen-bond acceptors (Lipinski definition) is 6. The molecule has 9 heteroatoms. The van der Waals surface area contributed by atoms with E-state index >= 15 is 0 Å². The summed E-state index contributed by atoms with van der Waals surface area (Å²) in [5, 5.41) is 20.0. The minimum atomic E-state index is -1.09. The van der Waals surface area contributed by atoms with Crippen LogP contribution in [0.15, 0.2) is 24.3 Å². The van der Waals surface area contributed by atoms with Crippen LogP contribution in [0.1, 0.15) is 82.5 Å². The van der Waals surface area contributed by atoms with Crippen molar-refractivity contribution in [2.24, 2.45) is 11.7 Å². The predicted octanol–water partition coefficient (Wildman–Crippen LogP) is 4.06. The lowest BCUT2D eigenvalue weighted by Gasteiger charge is -2.22. The number of carboxylic acids is 2. The Morgan fingerprint density at radius 2 is 1.48 bits per heavy atom. The molecule has 0 saturated carbocycles. The molecule has 0 radical (unpaired) electrons. The quantitative estimate of drug-likeness (QED) is 0.138. The van der Waals surface area contributed by atoms with Crippen LogP contribution < -0.4 is 11.1 Å². The van der Waals surface area contributed by atoms with Crippen LogP contribution in [0, 0.1) is 5.92 Å². The molecule has 0 aliphatic rings. The van der Waals surface area contributed by atoms with Crippen molar-refractivity contribution in [1.82, 2.24) is 0 Å². The van der Waals surface area contributed by atoms with Gasteiger partial charge >= 0.3 is 17.9 Å². The Kier molecular flexibility index (Phi) is 15.2. The molecule has 1 atom stereocenters. The number of amides is 1. The van der Waals surface area contributed by atoms with Crippen LogP contribution in [-0.2, 0) is 19.1 Å². The molecule has 0 heterocycles. The molecule has 0 spiro atoms. The van der Waals surface area contributed by atoms with Gasteiger partial charge in [-0.1, -0.05) is 38.5 Å². The van der Waals surface area contributed by atoms with E-state index in [0.717, 1.165) is 45.1 Å². The van der Waals surface area contributed by atoms with Crippen LogP contribution in [-0.4, -0.2) is 46.7 Å². The zero-order valence-corrected chi connectivity index (χ0v) is 19.8. The Labute approximate surface area is 195 Å². The number of nitrogens with two attached hydrogens (primary N) is 1. The summed E-state index contributed by atoms with van der Waals surface area (Å²) >= 11 is 0. The summed E-state index contributed by atoms with van der Waals surface area (Å²) < 4.78 is 5.15. The summed E-state index contributed by atoms with van der Waals surface area (Å²) in [6, 6.07) is 5.90. The van der Waals surface area contributed by atoms with Crippen molar-refractivity contribution in [2.45, 2.75) is 77.7 Å². The zero-order valence-electron chi connectivity index (χ0n) is 19.8. The van der Waals surface area contributed by atoms with E-state index in [2.05, 4.69) is 5.32 Å². The predicted molar refractivity (Wildman–Crippen MR) is 126 cm³/mol. The summed E-state index contributed by atoms with van der Waals surface area (Å²) in [6.07, 6.45) is 8.21. The van der Waals surface area contributed by atoms with Gasteiger partial charge in [-0.25, -0.2) is 4.79 Å². The molecule has 0 aliphatic heterocycles. The van der Waals surface area contributed by atoms with E-state index in [0.29, 0.717) is 18.5 Å². The van der Waals surface area contributed by atoms with Crippen molar-refractivity contribution in [1.29, 1.82) is 0 Å². The van der Waals surface area contributed by atoms with Gasteiger partial charge in [-0.3, -0.25) is 14.4 Å². The van der Waals surface area contributed by atoms with E-state index in [4.69, 9.17) is 20.7 Å². The molecule has 1 aromatic rings. The van der Waals surface area contributed by atoms with Gasteiger partial charge in [0.25, 0.3) is 0 Å². The Balaban J connectivity index is 0.000000716. The molecule has 0 saturated heterocycles. The average molecular weight is 467 g/mol. The number of nitrogens with one attached hydrogen (secondary N) is 1. The number of rotatable bonds is 14. The average Bonchev–Trinajstić information content (AvgIpc) is 2.72. The van der Waals surface area contributed by atoms with Crippen molar-refractivity contribution in [3.8, 4) is 0 Å². The first kappa shape index (κ1) is 30.1. The standard InChI is InChI=1S/C16H31NO4.C8H7NO3/c1-16(2,3)21-15(20)13(14(18)19)11-9-7-5-4-6-8-10-12-17;10-5-9-7-3-1-6(2-4-7)8(11)12/h13H,4-12,17H2,1-3H3,(H,18,19);1-5H,(H,9,10)(H,11,12). The van der Waals surface area contributed by atoms with Gasteiger partial charge in [-0.15, -0.1) is 0 Å². The molecule has 1 amide bonds. The molecule has 0 aliphatic carbocycles. The van der Waals surface area contributed by atoms with Gasteiger partial charge < -0.3 is 26.0 Å². The molecule has 0 aromatic heterocycles. The van der Waals surface area contributed by atoms with Gasteiger partial charge in [-0.05, 0) is 64.4 Å². The molecule has 0 fully saturated rings. The fraction of sp³-hybridized carbons (Fsp3) is 0.583. The number of carboxylic acid groups (broad SMARTS) is 2. The second-order valence-corrected chi connectivity index (χ2v) is 8.62. The smallest absolute Gasteiger partial charge is 0.335 e. The number of anilines is 1. The van der Waals surface area contributed by atoms with Crippen LogP contribution >= 0.6 is 0 Å². The number of esters is 1. The number of carbonyl (C=O) groups is 4. The number of aliphatic carboxylic acids is 1. The van der Waals surface area contributed by atoms with Crippen molar-refractivity contribution >= 4 is 30.0 Å². The van der Waals surface area contributed by atoms with Crippen molar-refractivity contribution in [3.63, 3.8) is 0 Å². The maximum Gasteiger partial charge on any atom is 0.335 e. The monoisotopic (exact) mass is 466 g/mol. The van der Waals surface area contributed by atoms with E-state index < -0.39 is 29.4 Å². The van der Waals surface area contributed by atoms with Crippen LogP contribution in [0.25, 0.3) is 0 Å². The maximum atomic E-state index is 11.8. The second-order valence-electron chi connectivity index (χ2n) is 8.62. The first-order valence-corrected chi connectivity index (χ1v) is 11.2. The maximum absolute atomic E-state index is 11.8. The molecule has 1 unspecified atom stereocenters. The molecular weight excluding hydrogens is 428 g/mol. The fourth-order valence-electron chi connectivity index (χ4n) is 2.87. The van der Waals surface area contributed by atoms with Crippen LogP contribution in [0.4, 0.5) is 5.69 Å². The molecule has 1 aromatic carbocycles. The van der Waals surface area contributed by atoms with E-state index in [9.17, 15) is 19.2 Å². The lowest BCUT2D eigenvalue weighted by molar-refractivity contribution is -0.167. The third-order valence-corrected chi connectivity index (χ3v) is 4.54. The van der Waals surface area contributed by atoms with Crippen LogP contribution in [0.2, 0.25) is 0 Å². The van der Waals surface area contributed by atoms with E-state index in [1.807, 2.05) is 0 Å². The second kappa shape index (κ2) is 16.7. The van der Waals surface area contributed by atoms with Crippen molar-refractivity contribution in [3.05, 3.63) is 29.8 Å². The molecular formula is C24H38N2O7. The Bertz CT molecular complexity index is 727. The highest BCUT2D eigenvalue weighted by molar-refractivity contribution is 5.94. The van der Waals surface area contributed by atoms with E-state index in [1.54, 1.807) is 20.8 Å². The highest BCUT2D eigenvalue weighted by Gasteiger charge is 2.30. The normalized spacial score (nSPS) is 11.5. The largest absolute Gasteiger partial charge is 0.481 e. The minimum absolute atomic E-state index is 0.200. The molecule has 186 valence electrons. The summed E-state index contributed by atoms with van der Waals surface area (Å²) in [5.41, 5.74) is 5.56. The summed E-state index contributed by atoms with van der Waals surface area (Å²) in [4.78, 5) is 43.3. The highest BCUT2D eigenvalue weighted by Crippen LogP contribution is 2.18. The number of unbranched alkanes of at least 4 members (excludes halogenated alkanes) is 6. The lowest BCUT2D eigenvalue weighted by atomic mass is 10.00. The van der Waals surface area contributed by atoms with Gasteiger partial charge in [0.1, 0.15) is 5.60 Å². The van der Waals surface area contributed by atoms with Crippen LogP contribution in [0.5, 0.6) is 0 Å². The molecule has 1 rings (SSSR count). The molecule has 9 nitrogen and oxygen atoms in total. The number of hydrogen-bond donors (Lipinski definition) is 4. The van der Waals surface area contributed by atoms with E-state index in [1.165, 1.54) is 30.7 Å². The molecule has 33 heavy (non-hydrogen) atoms. The van der Waals surface area contributed by atoms with Crippen molar-refractivity contribution in [2.75, 3.05) is 11.9 Å². The SMILES string of the molecule is CC(C)(C)OC(=O)C(CCCCCCCCCN)C(=O)O.O=CNc1ccc(C(=O)O)cc1. The number of benzene rings is 1. The number of aromatic carboxylic acids is 1. The van der Waals surface area contributed by atoms with Gasteiger partial charge in [0.05, 0.1) is 5.56 Å². The first-order chi connectivity index (χ1) is 15.5.